The van der Waals surface area contributed by atoms with Gasteiger partial charge in [-0.1, -0.05) is 30.3 Å². The maximum Gasteiger partial charge on any atom is 0.225 e. The molecule has 4 nitrogen and oxygen atoms in total. The first-order valence-electron chi connectivity index (χ1n) is 7.39. The summed E-state index contributed by atoms with van der Waals surface area (Å²) >= 11 is 1.69. The van der Waals surface area contributed by atoms with Gasteiger partial charge in [0, 0.05) is 29.0 Å². The molecule has 0 saturated heterocycles. The van der Waals surface area contributed by atoms with E-state index >= 15 is 0 Å². The lowest BCUT2D eigenvalue weighted by Crippen LogP contribution is -2.12. The van der Waals surface area contributed by atoms with E-state index in [0.29, 0.717) is 6.42 Å². The van der Waals surface area contributed by atoms with Crippen molar-refractivity contribution in [1.82, 2.24) is 10.2 Å². The van der Waals surface area contributed by atoms with E-state index in [1.165, 1.54) is 4.90 Å². The topological polar surface area (TPSA) is 57.8 Å². The first-order valence-corrected chi connectivity index (χ1v) is 8.37. The van der Waals surface area contributed by atoms with E-state index in [4.69, 9.17) is 0 Å². The highest BCUT2D eigenvalue weighted by Gasteiger charge is 2.04. The van der Waals surface area contributed by atoms with Crippen LogP contribution in [0.3, 0.4) is 0 Å². The van der Waals surface area contributed by atoms with Crippen molar-refractivity contribution >= 4 is 23.4 Å². The van der Waals surface area contributed by atoms with E-state index in [9.17, 15) is 4.79 Å². The first kappa shape index (κ1) is 15.4. The third-order valence-electron chi connectivity index (χ3n) is 3.32. The van der Waals surface area contributed by atoms with Crippen LogP contribution in [0.1, 0.15) is 6.42 Å². The summed E-state index contributed by atoms with van der Waals surface area (Å²) in [5.41, 5.74) is 2.81. The van der Waals surface area contributed by atoms with Gasteiger partial charge in [0.25, 0.3) is 0 Å². The molecule has 0 aliphatic carbocycles. The number of rotatable bonds is 6. The monoisotopic (exact) mass is 323 g/mol. The average Bonchev–Trinajstić information content (AvgIpc) is 3.11. The van der Waals surface area contributed by atoms with E-state index in [2.05, 4.69) is 27.6 Å². The van der Waals surface area contributed by atoms with Crippen LogP contribution in [0, 0.1) is 0 Å². The molecule has 5 heteroatoms. The van der Waals surface area contributed by atoms with E-state index in [-0.39, 0.29) is 5.91 Å². The molecule has 2 aromatic carbocycles. The first-order chi connectivity index (χ1) is 11.3. The van der Waals surface area contributed by atoms with Crippen molar-refractivity contribution in [1.29, 1.82) is 0 Å². The standard InChI is InChI=1S/C18H17N3OS/c22-18(11-13-23-16-4-2-1-3-5-16)20-15-8-6-14(7-9-15)17-10-12-19-21-17/h1-10,12H,11,13H2,(H,19,21)(H,20,22). The second kappa shape index (κ2) is 7.65. The van der Waals surface area contributed by atoms with E-state index in [0.717, 1.165) is 22.7 Å². The lowest BCUT2D eigenvalue weighted by Gasteiger charge is -2.06. The molecule has 0 spiro atoms. The summed E-state index contributed by atoms with van der Waals surface area (Å²) < 4.78 is 0. The number of amides is 1. The van der Waals surface area contributed by atoms with Crippen LogP contribution in [0.15, 0.2) is 71.8 Å². The molecule has 1 heterocycles. The number of nitrogens with zero attached hydrogens (tertiary/aromatic N) is 1. The molecule has 0 aliphatic rings. The summed E-state index contributed by atoms with van der Waals surface area (Å²) in [6, 6.07) is 19.7. The zero-order chi connectivity index (χ0) is 15.9. The highest BCUT2D eigenvalue weighted by Crippen LogP contribution is 2.20. The number of anilines is 1. The van der Waals surface area contributed by atoms with Gasteiger partial charge in [-0.2, -0.15) is 5.10 Å². The second-order valence-corrected chi connectivity index (χ2v) is 6.18. The highest BCUT2D eigenvalue weighted by atomic mass is 32.2. The van der Waals surface area contributed by atoms with E-state index in [1.54, 1.807) is 18.0 Å². The van der Waals surface area contributed by atoms with Gasteiger partial charge < -0.3 is 5.32 Å². The van der Waals surface area contributed by atoms with Crippen molar-refractivity contribution in [2.75, 3.05) is 11.1 Å². The van der Waals surface area contributed by atoms with Gasteiger partial charge in [0.1, 0.15) is 0 Å². The number of aromatic amines is 1. The zero-order valence-electron chi connectivity index (χ0n) is 12.5. The molecule has 0 fully saturated rings. The molecule has 116 valence electrons. The Morgan fingerprint density at radius 2 is 1.83 bits per heavy atom. The maximum absolute atomic E-state index is 12.0. The fourth-order valence-electron chi connectivity index (χ4n) is 2.15. The van der Waals surface area contributed by atoms with Crippen LogP contribution in [-0.4, -0.2) is 21.9 Å². The minimum atomic E-state index is 0.0303. The van der Waals surface area contributed by atoms with Gasteiger partial charge in [0.05, 0.1) is 5.69 Å². The Morgan fingerprint density at radius 1 is 1.04 bits per heavy atom. The van der Waals surface area contributed by atoms with Crippen molar-refractivity contribution in [3.63, 3.8) is 0 Å². The molecule has 2 N–H and O–H groups in total. The number of thioether (sulfide) groups is 1. The summed E-state index contributed by atoms with van der Waals surface area (Å²) in [6.07, 6.45) is 2.21. The lowest BCUT2D eigenvalue weighted by atomic mass is 10.1. The molecular weight excluding hydrogens is 306 g/mol. The Kier molecular flexibility index (Phi) is 5.11. The number of nitrogens with one attached hydrogen (secondary N) is 2. The van der Waals surface area contributed by atoms with Gasteiger partial charge in [-0.15, -0.1) is 11.8 Å². The van der Waals surface area contributed by atoms with Gasteiger partial charge in [-0.25, -0.2) is 0 Å². The molecule has 0 atom stereocenters. The van der Waals surface area contributed by atoms with Crippen LogP contribution >= 0.6 is 11.8 Å². The minimum absolute atomic E-state index is 0.0303. The fourth-order valence-corrected chi connectivity index (χ4v) is 3.02. The third-order valence-corrected chi connectivity index (χ3v) is 4.34. The predicted molar refractivity (Wildman–Crippen MR) is 94.4 cm³/mol. The molecule has 1 amide bonds. The molecular formula is C18H17N3OS. The van der Waals surface area contributed by atoms with Crippen molar-refractivity contribution in [2.24, 2.45) is 0 Å². The maximum atomic E-state index is 12.0. The summed E-state index contributed by atoms with van der Waals surface area (Å²) in [5.74, 6) is 0.796. The van der Waals surface area contributed by atoms with Gasteiger partial charge >= 0.3 is 0 Å². The number of aromatic nitrogens is 2. The Labute approximate surface area is 139 Å². The number of hydrogen-bond donors (Lipinski definition) is 2. The normalized spacial score (nSPS) is 10.4. The molecule has 23 heavy (non-hydrogen) atoms. The SMILES string of the molecule is O=C(CCSc1ccccc1)Nc1ccc(-c2ccn[nH]2)cc1. The van der Waals surface area contributed by atoms with E-state index < -0.39 is 0 Å². The molecule has 0 bridgehead atoms. The summed E-state index contributed by atoms with van der Waals surface area (Å²) in [4.78, 5) is 13.2. The zero-order valence-corrected chi connectivity index (χ0v) is 13.3. The largest absolute Gasteiger partial charge is 0.326 e. The number of carbonyl (C=O) groups excluding carboxylic acids is 1. The molecule has 0 aliphatic heterocycles. The summed E-state index contributed by atoms with van der Waals surface area (Å²) in [7, 11) is 0. The van der Waals surface area contributed by atoms with Crippen LogP contribution in [0.25, 0.3) is 11.3 Å². The van der Waals surface area contributed by atoms with Gasteiger partial charge in [0.2, 0.25) is 5.91 Å². The molecule has 0 saturated carbocycles. The van der Waals surface area contributed by atoms with Crippen molar-refractivity contribution in [3.05, 3.63) is 66.9 Å². The van der Waals surface area contributed by atoms with Gasteiger partial charge in [-0.05, 0) is 35.9 Å². The molecule has 0 radical (unpaired) electrons. The molecule has 1 aromatic heterocycles. The molecule has 0 unspecified atom stereocenters. The Balaban J connectivity index is 1.48. The van der Waals surface area contributed by atoms with Crippen molar-refractivity contribution < 1.29 is 4.79 Å². The third kappa shape index (κ3) is 4.47. The van der Waals surface area contributed by atoms with Crippen LogP contribution in [0.4, 0.5) is 5.69 Å². The Hall–Kier alpha value is -2.53. The Bertz CT molecular complexity index is 740. The molecule has 3 aromatic rings. The predicted octanol–water partition coefficient (Wildman–Crippen LogP) is 4.20. The second-order valence-electron chi connectivity index (χ2n) is 5.01. The molecule has 3 rings (SSSR count). The van der Waals surface area contributed by atoms with Crippen LogP contribution in [0.2, 0.25) is 0 Å². The number of H-pyrrole nitrogens is 1. The van der Waals surface area contributed by atoms with E-state index in [1.807, 2.05) is 48.5 Å². The fraction of sp³-hybridized carbons (Fsp3) is 0.111. The summed E-state index contributed by atoms with van der Waals surface area (Å²) in [5, 5.41) is 9.77. The quantitative estimate of drug-likeness (QED) is 0.669. The van der Waals surface area contributed by atoms with Crippen LogP contribution in [-0.2, 0) is 4.79 Å². The minimum Gasteiger partial charge on any atom is -0.326 e. The number of hydrogen-bond acceptors (Lipinski definition) is 3. The van der Waals surface area contributed by atoms with Crippen LogP contribution in [0.5, 0.6) is 0 Å². The average molecular weight is 323 g/mol. The highest BCUT2D eigenvalue weighted by molar-refractivity contribution is 7.99. The van der Waals surface area contributed by atoms with Gasteiger partial charge in [0.15, 0.2) is 0 Å². The lowest BCUT2D eigenvalue weighted by molar-refractivity contribution is -0.115. The number of benzene rings is 2. The van der Waals surface area contributed by atoms with Crippen molar-refractivity contribution in [3.8, 4) is 11.3 Å². The summed E-state index contributed by atoms with van der Waals surface area (Å²) in [6.45, 7) is 0. The van der Waals surface area contributed by atoms with Crippen molar-refractivity contribution in [2.45, 2.75) is 11.3 Å². The smallest absolute Gasteiger partial charge is 0.225 e. The Morgan fingerprint density at radius 3 is 2.52 bits per heavy atom. The van der Waals surface area contributed by atoms with Gasteiger partial charge in [-0.3, -0.25) is 9.89 Å². The number of carbonyl (C=O) groups is 1. The van der Waals surface area contributed by atoms with Crippen LogP contribution < -0.4 is 5.32 Å².